The number of methoxy groups -OCH3 is 2. The van der Waals surface area contributed by atoms with Gasteiger partial charge in [0.05, 0.1) is 44.1 Å². The molecule has 4 aromatic carbocycles. The summed E-state index contributed by atoms with van der Waals surface area (Å²) in [6.07, 6.45) is 0.818. The molecule has 4 bridgehead atoms. The third-order valence-corrected chi connectivity index (χ3v) is 11.0. The smallest absolute Gasteiger partial charge is 0.342 e. The zero-order valence-electron chi connectivity index (χ0n) is 30.2. The Morgan fingerprint density at radius 1 is 0.500 bits per heavy atom. The number of ketones is 1. The Bertz CT molecular complexity index is 1770. The van der Waals surface area contributed by atoms with Crippen LogP contribution in [0.1, 0.15) is 97.5 Å². The second-order valence-corrected chi connectivity index (χ2v) is 14.9. The third-order valence-electron chi connectivity index (χ3n) is 11.0. The normalized spacial score (nSPS) is 25.0. The number of ether oxygens (including phenoxy) is 5. The molecule has 0 saturated heterocycles. The quantitative estimate of drug-likeness (QED) is 0.0889. The van der Waals surface area contributed by atoms with E-state index in [0.29, 0.717) is 28.2 Å². The Kier molecular flexibility index (Phi) is 9.80. The second kappa shape index (κ2) is 14.4. The molecule has 54 heavy (non-hydrogen) atoms. The highest BCUT2D eigenvalue weighted by atomic mass is 16.6. The lowest BCUT2D eigenvalue weighted by Crippen LogP contribution is -2.72. The summed E-state index contributed by atoms with van der Waals surface area (Å²) in [7, 11) is 2.94. The molecule has 4 saturated carbocycles. The van der Waals surface area contributed by atoms with Crippen LogP contribution in [0.25, 0.3) is 0 Å². The number of rotatable bonds is 13. The van der Waals surface area contributed by atoms with E-state index >= 15 is 0 Å². The maximum atomic E-state index is 14.3. The van der Waals surface area contributed by atoms with Gasteiger partial charge in [0.25, 0.3) is 0 Å². The van der Waals surface area contributed by atoms with Gasteiger partial charge < -0.3 is 33.9 Å². The lowest BCUT2D eigenvalue weighted by molar-refractivity contribution is -0.276. The molecule has 11 nitrogen and oxygen atoms in total. The lowest BCUT2D eigenvalue weighted by Gasteiger charge is -2.67. The Hall–Kier alpha value is -5.52. The molecule has 2 N–H and O–H groups in total. The van der Waals surface area contributed by atoms with Crippen LogP contribution in [0.2, 0.25) is 0 Å². The fourth-order valence-corrected chi connectivity index (χ4v) is 9.67. The van der Waals surface area contributed by atoms with Crippen LogP contribution in [0.3, 0.4) is 0 Å². The fourth-order valence-electron chi connectivity index (χ4n) is 9.67. The van der Waals surface area contributed by atoms with Gasteiger partial charge in [-0.25, -0.2) is 14.4 Å². The van der Waals surface area contributed by atoms with Crippen LogP contribution >= 0.6 is 0 Å². The topological polar surface area (TPSA) is 155 Å². The molecule has 0 amide bonds. The first kappa shape index (κ1) is 36.8. The van der Waals surface area contributed by atoms with Gasteiger partial charge in [-0.1, -0.05) is 60.7 Å². The number of carbonyl (C=O) groups excluding carboxylic acids is 4. The van der Waals surface area contributed by atoms with Gasteiger partial charge >= 0.3 is 17.9 Å². The van der Waals surface area contributed by atoms with Crippen molar-refractivity contribution < 1.29 is 53.1 Å². The van der Waals surface area contributed by atoms with Crippen molar-refractivity contribution in [3.8, 4) is 11.5 Å². The monoisotopic (exact) mass is 734 g/mol. The molecule has 4 aliphatic carbocycles. The second-order valence-electron chi connectivity index (χ2n) is 14.9. The average Bonchev–Trinajstić information content (AvgIpc) is 3.16. The summed E-state index contributed by atoms with van der Waals surface area (Å²) in [5.74, 6) is -1.62. The van der Waals surface area contributed by atoms with Gasteiger partial charge in [-0.3, -0.25) is 4.79 Å². The summed E-state index contributed by atoms with van der Waals surface area (Å²) in [5, 5.41) is 20.1. The number of hydrogen-bond acceptors (Lipinski definition) is 11. The molecule has 4 aliphatic rings. The number of esters is 3. The van der Waals surface area contributed by atoms with Gasteiger partial charge in [-0.05, 0) is 72.2 Å². The molecule has 8 rings (SSSR count). The van der Waals surface area contributed by atoms with E-state index in [2.05, 4.69) is 0 Å². The molecule has 0 aliphatic heterocycles. The number of aliphatic hydroxyl groups is 2. The van der Waals surface area contributed by atoms with Crippen molar-refractivity contribution in [2.75, 3.05) is 14.2 Å². The molecule has 11 heteroatoms. The Balaban J connectivity index is 1.36. The van der Waals surface area contributed by atoms with Crippen molar-refractivity contribution in [1.29, 1.82) is 0 Å². The minimum atomic E-state index is -1.37. The van der Waals surface area contributed by atoms with Crippen molar-refractivity contribution >= 4 is 23.7 Å². The number of Topliss-reactive ketones (excluding diaryl/α,β-unsaturated/α-hetero) is 1. The van der Waals surface area contributed by atoms with Crippen LogP contribution in [0, 0.1) is 5.41 Å². The van der Waals surface area contributed by atoms with E-state index < -0.39 is 53.3 Å². The maximum Gasteiger partial charge on any atom is 0.342 e. The number of benzene rings is 4. The predicted octanol–water partition coefficient (Wildman–Crippen LogP) is 6.42. The number of carbonyl (C=O) groups is 4. The third kappa shape index (κ3) is 6.85. The van der Waals surface area contributed by atoms with Gasteiger partial charge in [-0.15, -0.1) is 0 Å². The molecule has 2 atom stereocenters. The standard InChI is InChI=1S/C43H42O11/c1-50-35-17-9-7-15-32(35)34(46)19-40-22-41(52-37(47)30-13-5-3-11-28(30)20-44)25-42(23-40,53-38(48)31-14-6-4-12-29(31)21-45)27-43(24-40,26-41)54-39(49)33-16-8-10-18-36(33)51-2/h3-18,44-45H,19-27H2,1-2H3. The van der Waals surface area contributed by atoms with Crippen LogP contribution in [0.5, 0.6) is 11.5 Å². The molecule has 0 radical (unpaired) electrons. The van der Waals surface area contributed by atoms with Gasteiger partial charge in [0.2, 0.25) is 0 Å². The van der Waals surface area contributed by atoms with Crippen molar-refractivity contribution in [2.45, 2.75) is 75.0 Å². The lowest BCUT2D eigenvalue weighted by atomic mass is 9.43. The predicted molar refractivity (Wildman–Crippen MR) is 194 cm³/mol. The van der Waals surface area contributed by atoms with E-state index in [-0.39, 0.29) is 67.4 Å². The number of aliphatic hydroxyl groups excluding tert-OH is 2. The molecular weight excluding hydrogens is 692 g/mol. The molecule has 0 aromatic heterocycles. The molecule has 0 spiro atoms. The minimum absolute atomic E-state index is 0.0552. The largest absolute Gasteiger partial charge is 0.496 e. The van der Waals surface area contributed by atoms with Crippen LogP contribution in [-0.2, 0) is 27.4 Å². The highest BCUT2D eigenvalue weighted by Crippen LogP contribution is 2.69. The molecule has 4 fully saturated rings. The van der Waals surface area contributed by atoms with Crippen molar-refractivity contribution in [2.24, 2.45) is 5.41 Å². The Morgan fingerprint density at radius 2 is 0.852 bits per heavy atom. The van der Waals surface area contributed by atoms with E-state index in [0.717, 1.165) is 0 Å². The first-order valence-corrected chi connectivity index (χ1v) is 17.9. The van der Waals surface area contributed by atoms with Crippen molar-refractivity contribution in [1.82, 2.24) is 0 Å². The SMILES string of the molecule is COc1ccccc1C(=O)CC12CC3(OC(=O)c4ccccc4CO)CC(OC(=O)c4ccccc4CO)(C1)CC(OC(=O)c1ccccc1OC)(C2)C3. The van der Waals surface area contributed by atoms with Crippen LogP contribution in [0.4, 0.5) is 0 Å². The van der Waals surface area contributed by atoms with E-state index in [9.17, 15) is 29.4 Å². The van der Waals surface area contributed by atoms with Gasteiger partial charge in [0.1, 0.15) is 33.9 Å². The van der Waals surface area contributed by atoms with E-state index in [1.807, 2.05) is 0 Å². The van der Waals surface area contributed by atoms with Crippen LogP contribution < -0.4 is 9.47 Å². The van der Waals surface area contributed by atoms with Crippen LogP contribution in [0.15, 0.2) is 97.1 Å². The fraction of sp³-hybridized carbons (Fsp3) is 0.349. The highest BCUT2D eigenvalue weighted by molar-refractivity contribution is 5.99. The molecule has 280 valence electrons. The average molecular weight is 735 g/mol. The zero-order chi connectivity index (χ0) is 38.1. The summed E-state index contributed by atoms with van der Waals surface area (Å²) in [6, 6.07) is 26.7. The van der Waals surface area contributed by atoms with Gasteiger partial charge in [-0.2, -0.15) is 0 Å². The summed E-state index contributed by atoms with van der Waals surface area (Å²) < 4.78 is 30.6. The van der Waals surface area contributed by atoms with E-state index in [4.69, 9.17) is 23.7 Å². The van der Waals surface area contributed by atoms with Crippen molar-refractivity contribution in [3.05, 3.63) is 130 Å². The first-order valence-electron chi connectivity index (χ1n) is 17.9. The first-order chi connectivity index (χ1) is 26.0. The Labute approximate surface area is 312 Å². The summed E-state index contributed by atoms with van der Waals surface area (Å²) in [4.78, 5) is 56.7. The highest BCUT2D eigenvalue weighted by Gasteiger charge is 2.73. The van der Waals surface area contributed by atoms with Gasteiger partial charge in [0.15, 0.2) is 5.78 Å². The molecule has 4 aromatic rings. The number of para-hydroxylation sites is 2. The summed E-state index contributed by atoms with van der Waals surface area (Å²) >= 11 is 0. The van der Waals surface area contributed by atoms with E-state index in [1.54, 1.807) is 97.1 Å². The molecular formula is C43H42O11. The maximum absolute atomic E-state index is 14.3. The van der Waals surface area contributed by atoms with E-state index in [1.165, 1.54) is 14.2 Å². The van der Waals surface area contributed by atoms with Crippen molar-refractivity contribution in [3.63, 3.8) is 0 Å². The van der Waals surface area contributed by atoms with Gasteiger partial charge in [0, 0.05) is 25.7 Å². The minimum Gasteiger partial charge on any atom is -0.496 e. The van der Waals surface area contributed by atoms with Crippen LogP contribution in [-0.4, -0.2) is 64.9 Å². The summed E-state index contributed by atoms with van der Waals surface area (Å²) in [5.41, 5.74) is -3.47. The Morgan fingerprint density at radius 3 is 1.28 bits per heavy atom. The zero-order valence-corrected chi connectivity index (χ0v) is 30.2. The summed E-state index contributed by atoms with van der Waals surface area (Å²) in [6.45, 7) is -0.802. The molecule has 2 unspecified atom stereocenters. The number of hydrogen-bond donors (Lipinski definition) is 2. The molecule has 0 heterocycles.